The van der Waals surface area contributed by atoms with E-state index in [0.717, 1.165) is 117 Å². The summed E-state index contributed by atoms with van der Waals surface area (Å²) in [5, 5.41) is 21.2. The standard InChI is InChI=1S/C33H62N8O4/c1-33(2,3)45-29(42)23-36-30(43)25-7-5-24(6-8-25)26-21-37-31(38-22-26)39-27-9-11-28(12-10-27)44-20-19-40-15-17-41(18-16-40)32-34-13-4-14-35-32/h24-28,31-32,34-35,37-39H,4-23H2,1-3H3,(H,36,43). The van der Waals surface area contributed by atoms with Crippen molar-refractivity contribution in [1.82, 2.24) is 41.7 Å². The lowest BCUT2D eigenvalue weighted by Gasteiger charge is -2.41. The first-order valence-electron chi connectivity index (χ1n) is 18.0. The van der Waals surface area contributed by atoms with Crippen molar-refractivity contribution in [2.75, 3.05) is 72.1 Å². The van der Waals surface area contributed by atoms with Gasteiger partial charge in [-0.1, -0.05) is 0 Å². The van der Waals surface area contributed by atoms with E-state index in [1.165, 1.54) is 6.42 Å². The first kappa shape index (κ1) is 34.9. The SMILES string of the molecule is CC(C)(C)OC(=O)CNC(=O)C1CCC(C2CNC(NC3CCC(OCCN4CCN(C5NCCCN5)CC4)CC3)NC2)CC1. The van der Waals surface area contributed by atoms with Crippen LogP contribution in [0.2, 0.25) is 0 Å². The number of hydrogen-bond acceptors (Lipinski definition) is 11. The van der Waals surface area contributed by atoms with Crippen molar-refractivity contribution in [3.8, 4) is 0 Å². The zero-order valence-corrected chi connectivity index (χ0v) is 28.2. The molecule has 0 bridgehead atoms. The van der Waals surface area contributed by atoms with E-state index in [2.05, 4.69) is 41.7 Å². The minimum Gasteiger partial charge on any atom is -0.459 e. The molecule has 0 aromatic rings. The molecule has 2 aliphatic carbocycles. The second kappa shape index (κ2) is 17.1. The summed E-state index contributed by atoms with van der Waals surface area (Å²) >= 11 is 0. The largest absolute Gasteiger partial charge is 0.459 e. The van der Waals surface area contributed by atoms with Crippen molar-refractivity contribution < 1.29 is 19.1 Å². The predicted octanol–water partition coefficient (Wildman–Crippen LogP) is 0.745. The smallest absolute Gasteiger partial charge is 0.325 e. The van der Waals surface area contributed by atoms with Gasteiger partial charge in [-0.15, -0.1) is 0 Å². The number of nitrogens with zero attached hydrogens (tertiary/aromatic N) is 2. The van der Waals surface area contributed by atoms with Gasteiger partial charge in [-0.05, 0) is 103 Å². The molecule has 0 atom stereocenters. The van der Waals surface area contributed by atoms with Crippen molar-refractivity contribution in [3.05, 3.63) is 0 Å². The lowest BCUT2D eigenvalue weighted by molar-refractivity contribution is -0.154. The molecular formula is C33H62N8O4. The van der Waals surface area contributed by atoms with E-state index in [0.29, 0.717) is 30.3 Å². The maximum Gasteiger partial charge on any atom is 0.325 e. The third kappa shape index (κ3) is 11.4. The van der Waals surface area contributed by atoms with Gasteiger partial charge in [0.25, 0.3) is 0 Å². The Morgan fingerprint density at radius 3 is 2.13 bits per heavy atom. The number of carbonyl (C=O) groups is 2. The van der Waals surface area contributed by atoms with E-state index in [-0.39, 0.29) is 30.6 Å². The summed E-state index contributed by atoms with van der Waals surface area (Å²) in [7, 11) is 0. The monoisotopic (exact) mass is 634 g/mol. The first-order chi connectivity index (χ1) is 21.7. The molecule has 0 aromatic heterocycles. The fraction of sp³-hybridized carbons (Fsp3) is 0.939. The Kier molecular flexibility index (Phi) is 13.3. The predicted molar refractivity (Wildman–Crippen MR) is 175 cm³/mol. The third-order valence-corrected chi connectivity index (χ3v) is 10.4. The highest BCUT2D eigenvalue weighted by atomic mass is 16.6. The normalized spacial score (nSPS) is 33.0. The van der Waals surface area contributed by atoms with Gasteiger partial charge < -0.3 is 14.8 Å². The number of amides is 1. The molecule has 258 valence electrons. The van der Waals surface area contributed by atoms with E-state index in [1.54, 1.807) is 0 Å². The highest BCUT2D eigenvalue weighted by Gasteiger charge is 2.34. The fourth-order valence-corrected chi connectivity index (χ4v) is 7.79. The van der Waals surface area contributed by atoms with Crippen molar-refractivity contribution >= 4 is 11.9 Å². The molecule has 6 N–H and O–H groups in total. The molecule has 0 aromatic carbocycles. The number of piperazine rings is 1. The molecule has 3 aliphatic heterocycles. The maximum absolute atomic E-state index is 12.6. The van der Waals surface area contributed by atoms with Crippen LogP contribution >= 0.6 is 0 Å². The van der Waals surface area contributed by atoms with Gasteiger partial charge in [-0.3, -0.25) is 46.0 Å². The molecule has 45 heavy (non-hydrogen) atoms. The highest BCUT2D eigenvalue weighted by molar-refractivity contribution is 5.83. The van der Waals surface area contributed by atoms with Crippen LogP contribution in [-0.2, 0) is 19.1 Å². The fourth-order valence-electron chi connectivity index (χ4n) is 7.79. The molecule has 1 amide bonds. The average Bonchev–Trinajstić information content (AvgIpc) is 3.05. The summed E-state index contributed by atoms with van der Waals surface area (Å²) in [4.78, 5) is 29.6. The van der Waals surface area contributed by atoms with Crippen LogP contribution < -0.4 is 31.9 Å². The molecule has 12 heteroatoms. The summed E-state index contributed by atoms with van der Waals surface area (Å²) < 4.78 is 11.6. The van der Waals surface area contributed by atoms with Gasteiger partial charge in [0.1, 0.15) is 24.7 Å². The first-order valence-corrected chi connectivity index (χ1v) is 18.0. The average molecular weight is 635 g/mol. The molecule has 0 spiro atoms. The quantitative estimate of drug-likeness (QED) is 0.180. The molecule has 5 aliphatic rings. The summed E-state index contributed by atoms with van der Waals surface area (Å²) in [6.45, 7) is 16.0. The number of nitrogens with one attached hydrogen (secondary N) is 6. The van der Waals surface area contributed by atoms with Crippen LogP contribution in [0.1, 0.15) is 78.6 Å². The van der Waals surface area contributed by atoms with Crippen LogP contribution in [0.25, 0.3) is 0 Å². The Bertz CT molecular complexity index is 897. The van der Waals surface area contributed by atoms with Gasteiger partial charge in [-0.25, -0.2) is 0 Å². The lowest BCUT2D eigenvalue weighted by atomic mass is 9.75. The molecule has 5 rings (SSSR count). The molecule has 12 nitrogen and oxygen atoms in total. The van der Waals surface area contributed by atoms with Crippen LogP contribution in [0.15, 0.2) is 0 Å². The second-order valence-corrected chi connectivity index (χ2v) is 15.0. The van der Waals surface area contributed by atoms with Gasteiger partial charge in [0.15, 0.2) is 0 Å². The minimum absolute atomic E-state index is 0.000985. The zero-order valence-electron chi connectivity index (χ0n) is 28.2. The summed E-state index contributed by atoms with van der Waals surface area (Å²) in [5.74, 6) is 0.820. The Hall–Kier alpha value is -1.38. The van der Waals surface area contributed by atoms with Crippen LogP contribution in [-0.4, -0.2) is 124 Å². The van der Waals surface area contributed by atoms with E-state index < -0.39 is 5.60 Å². The van der Waals surface area contributed by atoms with Gasteiger partial charge in [0.05, 0.1) is 12.7 Å². The number of rotatable bonds is 11. The third-order valence-electron chi connectivity index (χ3n) is 10.4. The summed E-state index contributed by atoms with van der Waals surface area (Å²) in [5.41, 5.74) is -0.536. The molecule has 3 heterocycles. The highest BCUT2D eigenvalue weighted by Crippen LogP contribution is 2.34. The Labute approximate surface area is 271 Å². The van der Waals surface area contributed by atoms with Crippen molar-refractivity contribution in [2.45, 2.75) is 109 Å². The van der Waals surface area contributed by atoms with Crippen molar-refractivity contribution in [3.63, 3.8) is 0 Å². The molecule has 0 radical (unpaired) electrons. The number of carbonyl (C=O) groups excluding carboxylic acids is 2. The topological polar surface area (TPSA) is 131 Å². The molecular weight excluding hydrogens is 572 g/mol. The van der Waals surface area contributed by atoms with Crippen molar-refractivity contribution in [1.29, 1.82) is 0 Å². The number of ether oxygens (including phenoxy) is 2. The van der Waals surface area contributed by atoms with E-state index in [4.69, 9.17) is 9.47 Å². The van der Waals surface area contributed by atoms with Gasteiger partial charge in [0, 0.05) is 57.8 Å². The Morgan fingerprint density at radius 2 is 1.49 bits per heavy atom. The van der Waals surface area contributed by atoms with Crippen LogP contribution in [0.4, 0.5) is 0 Å². The van der Waals surface area contributed by atoms with E-state index in [1.807, 2.05) is 20.8 Å². The summed E-state index contributed by atoms with van der Waals surface area (Å²) in [6.07, 6.45) is 10.6. The Morgan fingerprint density at radius 1 is 0.822 bits per heavy atom. The van der Waals surface area contributed by atoms with Crippen LogP contribution in [0.3, 0.4) is 0 Å². The molecule has 5 fully saturated rings. The minimum atomic E-state index is -0.536. The van der Waals surface area contributed by atoms with Crippen LogP contribution in [0.5, 0.6) is 0 Å². The molecule has 3 saturated heterocycles. The zero-order chi connectivity index (χ0) is 31.6. The van der Waals surface area contributed by atoms with Crippen LogP contribution in [0, 0.1) is 17.8 Å². The number of hydrogen-bond donors (Lipinski definition) is 6. The molecule has 0 unspecified atom stereocenters. The van der Waals surface area contributed by atoms with E-state index >= 15 is 0 Å². The summed E-state index contributed by atoms with van der Waals surface area (Å²) in [6, 6.07) is 0.524. The Balaban J connectivity index is 0.881. The van der Waals surface area contributed by atoms with Gasteiger partial charge in [0.2, 0.25) is 5.91 Å². The number of esters is 1. The maximum atomic E-state index is 12.6. The second-order valence-electron chi connectivity index (χ2n) is 15.0. The van der Waals surface area contributed by atoms with Gasteiger partial charge in [-0.2, -0.15) is 0 Å². The van der Waals surface area contributed by atoms with Crippen molar-refractivity contribution in [2.24, 2.45) is 17.8 Å². The van der Waals surface area contributed by atoms with E-state index in [9.17, 15) is 9.59 Å². The molecule has 2 saturated carbocycles. The lowest BCUT2D eigenvalue weighted by Crippen LogP contribution is -2.63. The van der Waals surface area contributed by atoms with Gasteiger partial charge >= 0.3 is 5.97 Å².